The van der Waals surface area contributed by atoms with Gasteiger partial charge >= 0.3 is 0 Å². The summed E-state index contributed by atoms with van der Waals surface area (Å²) in [5.74, 6) is 0.759. The van der Waals surface area contributed by atoms with Gasteiger partial charge in [-0.25, -0.2) is 0 Å². The molecule has 1 saturated heterocycles. The molecule has 0 radical (unpaired) electrons. The molecule has 1 aliphatic heterocycles. The number of ketones is 1. The van der Waals surface area contributed by atoms with Crippen LogP contribution in [0.15, 0.2) is 11.1 Å². The Labute approximate surface area is 207 Å². The van der Waals surface area contributed by atoms with Gasteiger partial charge in [-0.3, -0.25) is 4.79 Å². The van der Waals surface area contributed by atoms with E-state index in [1.807, 2.05) is 0 Å². The maximum Gasteiger partial charge on any atom is 0.174 e. The van der Waals surface area contributed by atoms with Gasteiger partial charge in [0, 0.05) is 32.7 Å². The molecule has 0 amide bonds. The number of carbonyl (C=O) groups excluding carboxylic acids is 1. The Morgan fingerprint density at radius 3 is 1.88 bits per heavy atom. The molecule has 0 aromatic carbocycles. The van der Waals surface area contributed by atoms with E-state index in [9.17, 15) is 4.79 Å². The van der Waals surface area contributed by atoms with Crippen LogP contribution in [0.3, 0.4) is 0 Å². The number of methoxy groups -OCH3 is 3. The molecule has 11 unspecified atom stereocenters. The lowest BCUT2D eigenvalue weighted by Gasteiger charge is -2.75. The van der Waals surface area contributed by atoms with E-state index in [-0.39, 0.29) is 63.5 Å². The van der Waals surface area contributed by atoms with Crippen LogP contribution in [-0.2, 0) is 23.7 Å². The second kappa shape index (κ2) is 7.63. The predicted molar refractivity (Wildman–Crippen MR) is 134 cm³/mol. The number of rotatable bonds is 3. The molecule has 4 rings (SSSR count). The van der Waals surface area contributed by atoms with Gasteiger partial charge in [0.05, 0.1) is 29.8 Å². The predicted octanol–water partition coefficient (Wildman–Crippen LogP) is 5.32. The molecule has 0 spiro atoms. The Morgan fingerprint density at radius 2 is 1.44 bits per heavy atom. The van der Waals surface area contributed by atoms with Gasteiger partial charge < -0.3 is 18.9 Å². The van der Waals surface area contributed by atoms with Gasteiger partial charge in [0.25, 0.3) is 0 Å². The zero-order chi connectivity index (χ0) is 25.8. The van der Waals surface area contributed by atoms with Crippen molar-refractivity contribution < 1.29 is 23.7 Å². The summed E-state index contributed by atoms with van der Waals surface area (Å²) in [6, 6.07) is 0. The average molecular weight is 477 g/mol. The third-order valence-corrected chi connectivity index (χ3v) is 12.5. The van der Waals surface area contributed by atoms with Gasteiger partial charge in [-0.15, -0.1) is 0 Å². The van der Waals surface area contributed by atoms with Crippen LogP contribution in [0.1, 0.15) is 69.2 Å². The molecule has 194 valence electrons. The lowest BCUT2D eigenvalue weighted by molar-refractivity contribution is -0.368. The molecule has 4 aliphatic rings. The summed E-state index contributed by atoms with van der Waals surface area (Å²) in [5, 5.41) is 0. The summed E-state index contributed by atoms with van der Waals surface area (Å²) in [5.41, 5.74) is 0.628. The maximum atomic E-state index is 14.9. The van der Waals surface area contributed by atoms with E-state index in [4.69, 9.17) is 18.9 Å². The Balaban J connectivity index is 2.11. The Morgan fingerprint density at radius 1 is 0.853 bits per heavy atom. The van der Waals surface area contributed by atoms with Gasteiger partial charge in [0.2, 0.25) is 0 Å². The first-order valence-electron chi connectivity index (χ1n) is 13.1. The summed E-state index contributed by atoms with van der Waals surface area (Å²) < 4.78 is 24.9. The number of ether oxygens (including phenoxy) is 4. The quantitative estimate of drug-likeness (QED) is 0.516. The normalized spacial score (nSPS) is 54.5. The minimum atomic E-state index is -0.713. The van der Waals surface area contributed by atoms with Crippen molar-refractivity contribution in [2.24, 2.45) is 45.3 Å². The summed E-state index contributed by atoms with van der Waals surface area (Å²) in [6.07, 6.45) is -0.940. The van der Waals surface area contributed by atoms with Gasteiger partial charge in [-0.2, -0.15) is 0 Å². The fraction of sp³-hybridized carbons (Fsp3) is 0.897. The van der Waals surface area contributed by atoms with Crippen LogP contribution in [-0.4, -0.2) is 57.6 Å². The van der Waals surface area contributed by atoms with E-state index in [1.165, 1.54) is 0 Å². The molecule has 5 nitrogen and oxygen atoms in total. The van der Waals surface area contributed by atoms with E-state index >= 15 is 0 Å². The van der Waals surface area contributed by atoms with E-state index < -0.39 is 11.5 Å². The van der Waals surface area contributed by atoms with Crippen molar-refractivity contribution >= 4 is 5.78 Å². The highest BCUT2D eigenvalue weighted by Gasteiger charge is 2.78. The van der Waals surface area contributed by atoms with Crippen molar-refractivity contribution in [2.45, 2.75) is 93.2 Å². The highest BCUT2D eigenvalue weighted by Crippen LogP contribution is 2.73. The van der Waals surface area contributed by atoms with Crippen LogP contribution >= 0.6 is 0 Å². The molecule has 3 aliphatic carbocycles. The Hall–Kier alpha value is -0.750. The Kier molecular flexibility index (Phi) is 5.91. The van der Waals surface area contributed by atoms with E-state index in [0.717, 1.165) is 11.1 Å². The highest BCUT2D eigenvalue weighted by atomic mass is 16.5. The van der Waals surface area contributed by atoms with Crippen molar-refractivity contribution in [2.75, 3.05) is 27.9 Å². The number of fused-ring (bicyclic) bond motifs is 5. The molecular formula is C29H48O5. The van der Waals surface area contributed by atoms with Crippen molar-refractivity contribution in [1.29, 1.82) is 0 Å². The first-order valence-corrected chi connectivity index (χ1v) is 13.1. The molecule has 0 aromatic rings. The van der Waals surface area contributed by atoms with Gasteiger partial charge in [0.15, 0.2) is 5.78 Å². The van der Waals surface area contributed by atoms with E-state index in [0.29, 0.717) is 6.61 Å². The number of Topliss-reactive ketones (excluding diaryl/α,β-unsaturated/α-hetero) is 1. The molecule has 5 heteroatoms. The number of hydrogen-bond donors (Lipinski definition) is 0. The van der Waals surface area contributed by atoms with Crippen LogP contribution in [0.25, 0.3) is 0 Å². The fourth-order valence-electron chi connectivity index (χ4n) is 10.1. The first-order chi connectivity index (χ1) is 15.6. The topological polar surface area (TPSA) is 54.0 Å². The minimum absolute atomic E-state index is 0.0529. The van der Waals surface area contributed by atoms with Gasteiger partial charge in [0.1, 0.15) is 6.10 Å². The summed E-state index contributed by atoms with van der Waals surface area (Å²) in [4.78, 5) is 14.9. The van der Waals surface area contributed by atoms with Crippen molar-refractivity contribution in [3.8, 4) is 0 Å². The molecule has 0 aromatic heterocycles. The van der Waals surface area contributed by atoms with Crippen LogP contribution in [0.2, 0.25) is 0 Å². The minimum Gasteiger partial charge on any atom is -0.380 e. The average Bonchev–Trinajstić information content (AvgIpc) is 2.78. The van der Waals surface area contributed by atoms with Gasteiger partial charge in [-0.05, 0) is 60.5 Å². The molecule has 2 bridgehead atoms. The highest BCUT2D eigenvalue weighted by molar-refractivity contribution is 5.93. The lowest BCUT2D eigenvalue weighted by atomic mass is 9.34. The zero-order valence-corrected chi connectivity index (χ0v) is 23.8. The zero-order valence-electron chi connectivity index (χ0n) is 23.8. The standard InChI is InChI=1S/C29H48O5/c1-15-19-21(32-12)23(30)27(8)22(26(7)14-34-29(26,10)18(4)24(27)33-13)17(3)28(9,25(19,5)6)16(2)20(15)31-11/h16-18,20-22,24H,14H2,1-13H3. The lowest BCUT2D eigenvalue weighted by Crippen LogP contribution is -2.80. The molecular weight excluding hydrogens is 428 g/mol. The van der Waals surface area contributed by atoms with Crippen molar-refractivity contribution in [3.05, 3.63) is 11.1 Å². The SMILES string of the molecule is COC1C(=O)C2(C)C(OC)C(C)C3(C)OCC3(C)C2C(C)C2(C)C(C)C(OC)C(C)=C1C2(C)C. The molecule has 34 heavy (non-hydrogen) atoms. The van der Waals surface area contributed by atoms with Crippen molar-refractivity contribution in [1.82, 2.24) is 0 Å². The number of carbonyl (C=O) groups is 1. The first kappa shape index (κ1) is 26.3. The largest absolute Gasteiger partial charge is 0.380 e. The van der Waals surface area contributed by atoms with Crippen molar-refractivity contribution in [3.63, 3.8) is 0 Å². The van der Waals surface area contributed by atoms with Gasteiger partial charge in [-0.1, -0.05) is 48.5 Å². The Bertz CT molecular complexity index is 908. The molecule has 11 atom stereocenters. The molecule has 1 heterocycles. The second-order valence-electron chi connectivity index (χ2n) is 13.2. The second-order valence-corrected chi connectivity index (χ2v) is 13.2. The van der Waals surface area contributed by atoms with Crippen LogP contribution in [0.5, 0.6) is 0 Å². The molecule has 0 N–H and O–H groups in total. The third kappa shape index (κ3) is 2.53. The van der Waals surface area contributed by atoms with E-state index in [1.54, 1.807) is 21.3 Å². The van der Waals surface area contributed by atoms with Crippen LogP contribution < -0.4 is 0 Å². The maximum absolute atomic E-state index is 14.9. The molecule has 2 saturated carbocycles. The fourth-order valence-corrected chi connectivity index (χ4v) is 10.1. The smallest absolute Gasteiger partial charge is 0.174 e. The summed E-state index contributed by atoms with van der Waals surface area (Å²) in [7, 11) is 5.24. The molecule has 3 fully saturated rings. The third-order valence-electron chi connectivity index (χ3n) is 12.5. The van der Waals surface area contributed by atoms with Crippen LogP contribution in [0.4, 0.5) is 0 Å². The summed E-state index contributed by atoms with van der Waals surface area (Å²) in [6.45, 7) is 23.6. The van der Waals surface area contributed by atoms with Crippen LogP contribution in [0, 0.1) is 45.3 Å². The van der Waals surface area contributed by atoms with E-state index in [2.05, 4.69) is 69.2 Å². The summed E-state index contributed by atoms with van der Waals surface area (Å²) >= 11 is 0. The number of hydrogen-bond acceptors (Lipinski definition) is 5. The monoisotopic (exact) mass is 476 g/mol.